The average Bonchev–Trinajstić information content (AvgIpc) is 2.27. The van der Waals surface area contributed by atoms with Crippen LogP contribution in [0.25, 0.3) is 0 Å². The predicted molar refractivity (Wildman–Crippen MR) is 74.0 cm³/mol. The number of rotatable bonds is 5. The second kappa shape index (κ2) is 5.71. The van der Waals surface area contributed by atoms with Crippen LogP contribution in [-0.4, -0.2) is 18.2 Å². The van der Waals surface area contributed by atoms with Crippen molar-refractivity contribution in [1.82, 2.24) is 0 Å². The molecule has 0 aromatic heterocycles. The van der Waals surface area contributed by atoms with Gasteiger partial charge in [-0.25, -0.2) is 0 Å². The fourth-order valence-corrected chi connectivity index (χ4v) is 2.78. The molecule has 1 saturated carbocycles. The van der Waals surface area contributed by atoms with E-state index >= 15 is 0 Å². The van der Waals surface area contributed by atoms with Gasteiger partial charge in [0, 0.05) is 12.6 Å². The highest BCUT2D eigenvalue weighted by Crippen LogP contribution is 2.37. The molecule has 0 unspecified atom stereocenters. The van der Waals surface area contributed by atoms with Crippen LogP contribution < -0.4 is 5.73 Å². The van der Waals surface area contributed by atoms with E-state index < -0.39 is 0 Å². The van der Waals surface area contributed by atoms with Crippen LogP contribution in [-0.2, 0) is 4.74 Å². The molecule has 0 spiro atoms. The lowest BCUT2D eigenvalue weighted by Gasteiger charge is -2.40. The van der Waals surface area contributed by atoms with E-state index in [1.54, 1.807) is 7.11 Å². The van der Waals surface area contributed by atoms with Gasteiger partial charge in [-0.2, -0.15) is 0 Å². The molecule has 0 heterocycles. The van der Waals surface area contributed by atoms with Crippen molar-refractivity contribution in [3.05, 3.63) is 0 Å². The zero-order valence-corrected chi connectivity index (χ0v) is 12.4. The molecular weight excluding hydrogens is 210 g/mol. The third-order valence-electron chi connectivity index (χ3n) is 4.75. The van der Waals surface area contributed by atoms with E-state index in [1.165, 1.54) is 25.7 Å². The standard InChI is InChI=1S/C15H31NO/c1-12(2)13-6-8-15(16,9-7-13)11-10-14(3,4)17-5/h12-13H,6-11,16H2,1-5H3. The third-order valence-corrected chi connectivity index (χ3v) is 4.75. The molecule has 0 saturated heterocycles. The molecule has 2 heteroatoms. The van der Waals surface area contributed by atoms with Gasteiger partial charge in [-0.15, -0.1) is 0 Å². The normalized spacial score (nSPS) is 30.9. The Kier molecular flexibility index (Phi) is 5.03. The number of ether oxygens (including phenoxy) is 1. The molecule has 102 valence electrons. The van der Waals surface area contributed by atoms with E-state index in [2.05, 4.69) is 27.7 Å². The Balaban J connectivity index is 2.40. The molecule has 17 heavy (non-hydrogen) atoms. The molecule has 1 fully saturated rings. The summed E-state index contributed by atoms with van der Waals surface area (Å²) in [6, 6.07) is 0. The summed E-state index contributed by atoms with van der Waals surface area (Å²) in [6.45, 7) is 8.97. The maximum absolute atomic E-state index is 6.53. The van der Waals surface area contributed by atoms with Crippen LogP contribution in [0.3, 0.4) is 0 Å². The van der Waals surface area contributed by atoms with E-state index in [4.69, 9.17) is 10.5 Å². The van der Waals surface area contributed by atoms with Crippen LogP contribution in [0, 0.1) is 11.8 Å². The third kappa shape index (κ3) is 4.59. The molecule has 0 atom stereocenters. The summed E-state index contributed by atoms with van der Waals surface area (Å²) in [6.07, 6.45) is 7.15. The Morgan fingerprint density at radius 1 is 1.29 bits per heavy atom. The van der Waals surface area contributed by atoms with Gasteiger partial charge in [-0.05, 0) is 64.2 Å². The second-order valence-corrected chi connectivity index (χ2v) is 6.91. The Hall–Kier alpha value is -0.0800. The predicted octanol–water partition coefficient (Wildman–Crippen LogP) is 3.74. The first-order valence-corrected chi connectivity index (χ1v) is 7.12. The largest absolute Gasteiger partial charge is 0.379 e. The fourth-order valence-electron chi connectivity index (χ4n) is 2.78. The first kappa shape index (κ1) is 15.0. The van der Waals surface area contributed by atoms with Crippen LogP contribution in [0.15, 0.2) is 0 Å². The van der Waals surface area contributed by atoms with E-state index in [-0.39, 0.29) is 11.1 Å². The summed E-state index contributed by atoms with van der Waals surface area (Å²) < 4.78 is 5.48. The quantitative estimate of drug-likeness (QED) is 0.796. The van der Waals surface area contributed by atoms with Gasteiger partial charge in [0.2, 0.25) is 0 Å². The minimum atomic E-state index is -0.0265. The molecular formula is C15H31NO. The number of methoxy groups -OCH3 is 1. The maximum atomic E-state index is 6.53. The van der Waals surface area contributed by atoms with Crippen molar-refractivity contribution in [2.24, 2.45) is 17.6 Å². The van der Waals surface area contributed by atoms with Crippen LogP contribution in [0.4, 0.5) is 0 Å². The minimum absolute atomic E-state index is 0.0265. The van der Waals surface area contributed by atoms with Crippen LogP contribution >= 0.6 is 0 Å². The Bertz CT molecular complexity index is 227. The summed E-state index contributed by atoms with van der Waals surface area (Å²) in [5.41, 5.74) is 6.57. The van der Waals surface area contributed by atoms with Gasteiger partial charge in [0.05, 0.1) is 5.60 Å². The van der Waals surface area contributed by atoms with Gasteiger partial charge in [-0.1, -0.05) is 13.8 Å². The first-order valence-electron chi connectivity index (χ1n) is 7.12. The zero-order chi connectivity index (χ0) is 13.1. The van der Waals surface area contributed by atoms with Gasteiger partial charge in [0.25, 0.3) is 0 Å². The van der Waals surface area contributed by atoms with Crippen LogP contribution in [0.5, 0.6) is 0 Å². The van der Waals surface area contributed by atoms with E-state index in [9.17, 15) is 0 Å². The lowest BCUT2D eigenvalue weighted by molar-refractivity contribution is 0.00581. The molecule has 0 radical (unpaired) electrons. The summed E-state index contributed by atoms with van der Waals surface area (Å²) in [5, 5.41) is 0. The van der Waals surface area contributed by atoms with Gasteiger partial charge < -0.3 is 10.5 Å². The van der Waals surface area contributed by atoms with Gasteiger partial charge in [0.15, 0.2) is 0 Å². The topological polar surface area (TPSA) is 35.2 Å². The molecule has 1 aliphatic rings. The highest BCUT2D eigenvalue weighted by atomic mass is 16.5. The number of nitrogens with two attached hydrogens (primary N) is 1. The van der Waals surface area contributed by atoms with E-state index in [1.807, 2.05) is 0 Å². The van der Waals surface area contributed by atoms with Crippen molar-refractivity contribution >= 4 is 0 Å². The van der Waals surface area contributed by atoms with Crippen molar-refractivity contribution < 1.29 is 4.74 Å². The minimum Gasteiger partial charge on any atom is -0.379 e. The summed E-state index contributed by atoms with van der Waals surface area (Å²) in [7, 11) is 1.79. The summed E-state index contributed by atoms with van der Waals surface area (Å²) >= 11 is 0. The number of hydrogen-bond donors (Lipinski definition) is 1. The van der Waals surface area contributed by atoms with Gasteiger partial charge in [0.1, 0.15) is 0 Å². The first-order chi connectivity index (χ1) is 7.78. The summed E-state index contributed by atoms with van der Waals surface area (Å²) in [4.78, 5) is 0. The highest BCUT2D eigenvalue weighted by Gasteiger charge is 2.33. The molecule has 2 N–H and O–H groups in total. The number of hydrogen-bond acceptors (Lipinski definition) is 2. The summed E-state index contributed by atoms with van der Waals surface area (Å²) in [5.74, 6) is 1.71. The molecule has 0 bridgehead atoms. The lowest BCUT2D eigenvalue weighted by atomic mass is 9.71. The lowest BCUT2D eigenvalue weighted by Crippen LogP contribution is -2.45. The van der Waals surface area contributed by atoms with Crippen molar-refractivity contribution in [1.29, 1.82) is 0 Å². The molecule has 1 aliphatic carbocycles. The zero-order valence-electron chi connectivity index (χ0n) is 12.4. The van der Waals surface area contributed by atoms with E-state index in [0.717, 1.165) is 24.7 Å². The van der Waals surface area contributed by atoms with Crippen molar-refractivity contribution in [3.8, 4) is 0 Å². The van der Waals surface area contributed by atoms with Crippen molar-refractivity contribution in [2.45, 2.75) is 77.4 Å². The Morgan fingerprint density at radius 2 is 1.82 bits per heavy atom. The maximum Gasteiger partial charge on any atom is 0.0623 e. The fraction of sp³-hybridized carbons (Fsp3) is 1.00. The molecule has 0 amide bonds. The Labute approximate surface area is 107 Å². The monoisotopic (exact) mass is 241 g/mol. The van der Waals surface area contributed by atoms with Crippen LogP contribution in [0.2, 0.25) is 0 Å². The molecule has 0 aromatic carbocycles. The molecule has 0 aromatic rings. The molecule has 1 rings (SSSR count). The molecule has 0 aliphatic heterocycles. The van der Waals surface area contributed by atoms with E-state index in [0.29, 0.717) is 0 Å². The Morgan fingerprint density at radius 3 is 2.24 bits per heavy atom. The van der Waals surface area contributed by atoms with Gasteiger partial charge >= 0.3 is 0 Å². The van der Waals surface area contributed by atoms with Gasteiger partial charge in [-0.3, -0.25) is 0 Å². The second-order valence-electron chi connectivity index (χ2n) is 6.91. The molecule has 2 nitrogen and oxygen atoms in total. The average molecular weight is 241 g/mol. The van der Waals surface area contributed by atoms with Crippen molar-refractivity contribution in [2.75, 3.05) is 7.11 Å². The SMILES string of the molecule is COC(C)(C)CCC1(N)CCC(C(C)C)CC1. The smallest absolute Gasteiger partial charge is 0.0623 e. The highest BCUT2D eigenvalue weighted by molar-refractivity contribution is 4.91. The van der Waals surface area contributed by atoms with Crippen molar-refractivity contribution in [3.63, 3.8) is 0 Å². The van der Waals surface area contributed by atoms with Crippen LogP contribution in [0.1, 0.15) is 66.2 Å².